The van der Waals surface area contributed by atoms with Crippen LogP contribution in [0.1, 0.15) is 0 Å². The van der Waals surface area contributed by atoms with Gasteiger partial charge in [-0.2, -0.15) is 0 Å². The zero-order valence-electron chi connectivity index (χ0n) is 29.2. The highest BCUT2D eigenvalue weighted by Crippen LogP contribution is 2.44. The Hall–Kier alpha value is -6.73. The van der Waals surface area contributed by atoms with Crippen LogP contribution in [0.3, 0.4) is 0 Å². The highest BCUT2D eigenvalue weighted by molar-refractivity contribution is 7.26. The standard InChI is InChI=1S/C49H28N2O2S2/c1-2-8-30(9-3-1)49-50-41-28-43-40(27-44(41)53-49)39-24-31(16-23-42(39)52-43)29-14-17-32(18-15-29)51(33-19-21-37-35-10-4-6-12-45(35)54-47(37)25-33)34-20-22-38-36-11-5-7-13-46(36)55-48(38)26-34/h1-28H. The van der Waals surface area contributed by atoms with Crippen molar-refractivity contribution in [2.24, 2.45) is 0 Å². The summed E-state index contributed by atoms with van der Waals surface area (Å²) >= 11 is 3.70. The van der Waals surface area contributed by atoms with E-state index in [9.17, 15) is 0 Å². The summed E-state index contributed by atoms with van der Waals surface area (Å²) < 4.78 is 17.7. The van der Waals surface area contributed by atoms with Crippen molar-refractivity contribution in [1.29, 1.82) is 0 Å². The van der Waals surface area contributed by atoms with Crippen LogP contribution in [0.5, 0.6) is 0 Å². The Labute approximate surface area is 322 Å². The normalized spacial score (nSPS) is 12.0. The maximum atomic E-state index is 6.33. The molecule has 0 aliphatic heterocycles. The molecule has 4 aromatic heterocycles. The lowest BCUT2D eigenvalue weighted by molar-refractivity contribution is 0.620. The molecule has 12 rings (SSSR count). The quantitative estimate of drug-likeness (QED) is 0.176. The van der Waals surface area contributed by atoms with Gasteiger partial charge < -0.3 is 13.7 Å². The third-order valence-corrected chi connectivity index (χ3v) is 13.0. The number of hydrogen-bond donors (Lipinski definition) is 0. The number of anilines is 3. The molecule has 4 nitrogen and oxygen atoms in total. The van der Waals surface area contributed by atoms with E-state index < -0.39 is 0 Å². The molecule has 0 fully saturated rings. The van der Waals surface area contributed by atoms with Crippen molar-refractivity contribution in [1.82, 2.24) is 4.98 Å². The fourth-order valence-electron chi connectivity index (χ4n) is 8.04. The summed E-state index contributed by atoms with van der Waals surface area (Å²) in [6.07, 6.45) is 0. The van der Waals surface area contributed by atoms with Crippen molar-refractivity contribution in [3.05, 3.63) is 170 Å². The fourth-order valence-corrected chi connectivity index (χ4v) is 10.3. The van der Waals surface area contributed by atoms with Crippen LogP contribution in [-0.4, -0.2) is 4.98 Å². The Morgan fingerprint density at radius 3 is 1.64 bits per heavy atom. The van der Waals surface area contributed by atoms with Gasteiger partial charge in [0.1, 0.15) is 16.7 Å². The lowest BCUT2D eigenvalue weighted by atomic mass is 10.0. The molecule has 0 atom stereocenters. The van der Waals surface area contributed by atoms with Gasteiger partial charge in [0.15, 0.2) is 5.58 Å². The Kier molecular flexibility index (Phi) is 6.64. The van der Waals surface area contributed by atoms with Crippen LogP contribution in [0, 0.1) is 0 Å². The van der Waals surface area contributed by atoms with Gasteiger partial charge in [-0.3, -0.25) is 0 Å². The van der Waals surface area contributed by atoms with Crippen molar-refractivity contribution < 1.29 is 8.83 Å². The van der Waals surface area contributed by atoms with Crippen molar-refractivity contribution >= 4 is 113 Å². The van der Waals surface area contributed by atoms with Crippen LogP contribution >= 0.6 is 22.7 Å². The van der Waals surface area contributed by atoms with E-state index in [2.05, 4.69) is 138 Å². The summed E-state index contributed by atoms with van der Waals surface area (Å²) in [6, 6.07) is 60.5. The molecule has 0 saturated heterocycles. The molecule has 6 heteroatoms. The average molecular weight is 741 g/mol. The second-order valence-electron chi connectivity index (χ2n) is 14.0. The molecule has 0 aliphatic carbocycles. The number of fused-ring (bicyclic) bond motifs is 10. The lowest BCUT2D eigenvalue weighted by Gasteiger charge is -2.26. The van der Waals surface area contributed by atoms with Crippen LogP contribution in [0.4, 0.5) is 17.1 Å². The Morgan fingerprint density at radius 2 is 0.945 bits per heavy atom. The maximum Gasteiger partial charge on any atom is 0.227 e. The van der Waals surface area contributed by atoms with E-state index in [1.165, 1.54) is 40.3 Å². The summed E-state index contributed by atoms with van der Waals surface area (Å²) in [5.41, 5.74) is 9.72. The maximum absolute atomic E-state index is 6.33. The highest BCUT2D eigenvalue weighted by atomic mass is 32.1. The van der Waals surface area contributed by atoms with Gasteiger partial charge in [-0.15, -0.1) is 22.7 Å². The first-order chi connectivity index (χ1) is 27.2. The Morgan fingerprint density at radius 1 is 0.364 bits per heavy atom. The molecule has 258 valence electrons. The van der Waals surface area contributed by atoms with E-state index in [4.69, 9.17) is 13.8 Å². The summed E-state index contributed by atoms with van der Waals surface area (Å²) in [6.45, 7) is 0. The number of oxazole rings is 1. The number of nitrogens with zero attached hydrogens (tertiary/aromatic N) is 2. The first-order valence-corrected chi connectivity index (χ1v) is 19.9. The molecular weight excluding hydrogens is 713 g/mol. The summed E-state index contributed by atoms with van der Waals surface area (Å²) in [5, 5.41) is 7.26. The van der Waals surface area contributed by atoms with E-state index in [0.29, 0.717) is 5.89 Å². The number of thiophene rings is 2. The zero-order valence-corrected chi connectivity index (χ0v) is 30.8. The molecule has 0 amide bonds. The zero-order chi connectivity index (χ0) is 36.0. The van der Waals surface area contributed by atoms with Crippen molar-refractivity contribution in [2.75, 3.05) is 4.90 Å². The van der Waals surface area contributed by atoms with E-state index in [0.717, 1.165) is 66.8 Å². The van der Waals surface area contributed by atoms with Crippen LogP contribution in [0.2, 0.25) is 0 Å². The summed E-state index contributed by atoms with van der Waals surface area (Å²) in [7, 11) is 0. The second kappa shape index (κ2) is 11.9. The van der Waals surface area contributed by atoms with E-state index in [1.807, 2.05) is 59.1 Å². The largest absolute Gasteiger partial charge is 0.456 e. The van der Waals surface area contributed by atoms with Crippen molar-refractivity contribution in [3.8, 4) is 22.6 Å². The lowest BCUT2D eigenvalue weighted by Crippen LogP contribution is -2.09. The molecule has 0 unspecified atom stereocenters. The number of rotatable bonds is 5. The van der Waals surface area contributed by atoms with Crippen LogP contribution in [0.25, 0.3) is 96.0 Å². The molecule has 8 aromatic carbocycles. The first kappa shape index (κ1) is 30.7. The van der Waals surface area contributed by atoms with Gasteiger partial charge in [0, 0.05) is 79.8 Å². The molecule has 12 aromatic rings. The van der Waals surface area contributed by atoms with Gasteiger partial charge in [-0.05, 0) is 90.0 Å². The number of hydrogen-bond acceptors (Lipinski definition) is 6. The summed E-state index contributed by atoms with van der Waals surface area (Å²) in [4.78, 5) is 7.14. The molecular formula is C49H28N2O2S2. The molecule has 0 radical (unpaired) electrons. The smallest absolute Gasteiger partial charge is 0.227 e. The number of furan rings is 1. The monoisotopic (exact) mass is 740 g/mol. The molecule has 0 saturated carbocycles. The first-order valence-electron chi connectivity index (χ1n) is 18.3. The summed E-state index contributed by atoms with van der Waals surface area (Å²) in [5.74, 6) is 0.606. The Balaban J connectivity index is 0.957. The minimum absolute atomic E-state index is 0.606. The van der Waals surface area contributed by atoms with Crippen LogP contribution in [-0.2, 0) is 0 Å². The molecule has 0 N–H and O–H groups in total. The second-order valence-corrected chi connectivity index (χ2v) is 16.1. The van der Waals surface area contributed by atoms with Gasteiger partial charge in [-0.1, -0.05) is 84.9 Å². The minimum atomic E-state index is 0.606. The van der Waals surface area contributed by atoms with E-state index in [1.54, 1.807) is 0 Å². The van der Waals surface area contributed by atoms with E-state index in [-0.39, 0.29) is 0 Å². The molecule has 55 heavy (non-hydrogen) atoms. The van der Waals surface area contributed by atoms with Crippen LogP contribution < -0.4 is 4.90 Å². The predicted octanol–water partition coefficient (Wildman–Crippen LogP) is 15.3. The molecule has 0 aliphatic rings. The number of aromatic nitrogens is 1. The molecule has 0 bridgehead atoms. The van der Waals surface area contributed by atoms with Crippen LogP contribution in [0.15, 0.2) is 179 Å². The van der Waals surface area contributed by atoms with Gasteiger partial charge in [0.2, 0.25) is 5.89 Å². The Bertz CT molecular complexity index is 3330. The van der Waals surface area contributed by atoms with Gasteiger partial charge in [-0.25, -0.2) is 4.98 Å². The molecule has 0 spiro atoms. The third kappa shape index (κ3) is 4.92. The third-order valence-electron chi connectivity index (χ3n) is 10.7. The predicted molar refractivity (Wildman–Crippen MR) is 233 cm³/mol. The van der Waals surface area contributed by atoms with Gasteiger partial charge >= 0.3 is 0 Å². The van der Waals surface area contributed by atoms with Crippen molar-refractivity contribution in [3.63, 3.8) is 0 Å². The SMILES string of the molecule is c1ccc(-c2nc3cc4oc5ccc(-c6ccc(N(c7ccc8c(c7)sc7ccccc78)c7ccc8c(c7)sc7ccccc78)cc6)cc5c4cc3o2)cc1. The van der Waals surface area contributed by atoms with Gasteiger partial charge in [0.05, 0.1) is 0 Å². The highest BCUT2D eigenvalue weighted by Gasteiger charge is 2.18. The van der Waals surface area contributed by atoms with E-state index >= 15 is 0 Å². The minimum Gasteiger partial charge on any atom is -0.456 e. The topological polar surface area (TPSA) is 42.4 Å². The average Bonchev–Trinajstić information content (AvgIpc) is 4.01. The number of benzene rings is 8. The van der Waals surface area contributed by atoms with Gasteiger partial charge in [0.25, 0.3) is 0 Å². The fraction of sp³-hybridized carbons (Fsp3) is 0. The van der Waals surface area contributed by atoms with Crippen molar-refractivity contribution in [2.45, 2.75) is 0 Å². The molecule has 4 heterocycles.